The van der Waals surface area contributed by atoms with Crippen molar-refractivity contribution in [3.63, 3.8) is 0 Å². The van der Waals surface area contributed by atoms with Crippen molar-refractivity contribution in [2.24, 2.45) is 10.9 Å². The first-order chi connectivity index (χ1) is 12.1. The van der Waals surface area contributed by atoms with E-state index < -0.39 is 14.6 Å². The SMILES string of the molecule is CCNC(=NCC1CCSCC1)N1CCS(=O)(=O)C2(CCCCC2)C1. The van der Waals surface area contributed by atoms with Gasteiger partial charge in [0, 0.05) is 26.2 Å². The molecule has 1 aliphatic carbocycles. The maximum atomic E-state index is 12.8. The van der Waals surface area contributed by atoms with Crippen LogP contribution in [0.5, 0.6) is 0 Å². The number of thioether (sulfide) groups is 1. The number of hydrogen-bond acceptors (Lipinski definition) is 4. The quantitative estimate of drug-likeness (QED) is 0.596. The van der Waals surface area contributed by atoms with Crippen LogP contribution >= 0.6 is 11.8 Å². The zero-order valence-corrected chi connectivity index (χ0v) is 17.1. The van der Waals surface area contributed by atoms with Gasteiger partial charge in [0.05, 0.1) is 10.5 Å². The summed E-state index contributed by atoms with van der Waals surface area (Å²) in [6, 6.07) is 0. The van der Waals surface area contributed by atoms with E-state index in [-0.39, 0.29) is 5.75 Å². The lowest BCUT2D eigenvalue weighted by molar-refractivity contribution is 0.273. The van der Waals surface area contributed by atoms with Gasteiger partial charge in [-0.2, -0.15) is 11.8 Å². The van der Waals surface area contributed by atoms with Crippen LogP contribution in [0.2, 0.25) is 0 Å². The zero-order valence-electron chi connectivity index (χ0n) is 15.5. The molecule has 0 amide bonds. The Hall–Kier alpha value is -0.430. The molecule has 0 aromatic heterocycles. The molecule has 0 aromatic rings. The first-order valence-corrected chi connectivity index (χ1v) is 12.7. The fourth-order valence-electron chi connectivity index (χ4n) is 4.39. The van der Waals surface area contributed by atoms with E-state index in [4.69, 9.17) is 4.99 Å². The lowest BCUT2D eigenvalue weighted by Gasteiger charge is -2.45. The third kappa shape index (κ3) is 4.46. The van der Waals surface area contributed by atoms with Gasteiger partial charge in [0.2, 0.25) is 0 Å². The Balaban J connectivity index is 1.72. The Kier molecular flexibility index (Phi) is 6.58. The summed E-state index contributed by atoms with van der Waals surface area (Å²) in [6.07, 6.45) is 7.42. The second-order valence-electron chi connectivity index (χ2n) is 7.73. The number of sulfone groups is 1. The molecule has 0 unspecified atom stereocenters. The van der Waals surface area contributed by atoms with Crippen LogP contribution in [-0.2, 0) is 9.84 Å². The Labute approximate surface area is 157 Å². The van der Waals surface area contributed by atoms with Crippen molar-refractivity contribution in [3.8, 4) is 0 Å². The number of hydrogen-bond donors (Lipinski definition) is 1. The van der Waals surface area contributed by atoms with Crippen LogP contribution in [0.3, 0.4) is 0 Å². The van der Waals surface area contributed by atoms with E-state index in [2.05, 4.69) is 17.1 Å². The van der Waals surface area contributed by atoms with Crippen LogP contribution in [0.4, 0.5) is 0 Å². The predicted octanol–water partition coefficient (Wildman–Crippen LogP) is 2.53. The average molecular weight is 388 g/mol. The molecule has 1 spiro atoms. The molecule has 7 heteroatoms. The van der Waals surface area contributed by atoms with Crippen LogP contribution in [-0.4, -0.2) is 67.5 Å². The second kappa shape index (κ2) is 8.51. The van der Waals surface area contributed by atoms with Gasteiger partial charge in [0.15, 0.2) is 15.8 Å². The van der Waals surface area contributed by atoms with Gasteiger partial charge in [-0.3, -0.25) is 4.99 Å². The summed E-state index contributed by atoms with van der Waals surface area (Å²) in [6.45, 7) is 5.00. The Morgan fingerprint density at radius 2 is 1.96 bits per heavy atom. The van der Waals surface area contributed by atoms with Crippen molar-refractivity contribution < 1.29 is 8.42 Å². The van der Waals surface area contributed by atoms with Gasteiger partial charge < -0.3 is 10.2 Å². The predicted molar refractivity (Wildman–Crippen MR) is 107 cm³/mol. The van der Waals surface area contributed by atoms with Crippen LogP contribution in [0.15, 0.2) is 4.99 Å². The largest absolute Gasteiger partial charge is 0.357 e. The Bertz CT molecular complexity index is 565. The summed E-state index contributed by atoms with van der Waals surface area (Å²) in [5.41, 5.74) is 0. The minimum absolute atomic E-state index is 0.275. The number of aliphatic imine (C=N–C) groups is 1. The molecule has 0 atom stereocenters. The molecule has 3 rings (SSSR count). The van der Waals surface area contributed by atoms with E-state index in [1.807, 2.05) is 11.8 Å². The summed E-state index contributed by atoms with van der Waals surface area (Å²) >= 11 is 2.04. The van der Waals surface area contributed by atoms with Crippen molar-refractivity contribution in [3.05, 3.63) is 0 Å². The summed E-state index contributed by atoms with van der Waals surface area (Å²) < 4.78 is 25.1. The topological polar surface area (TPSA) is 61.8 Å². The minimum atomic E-state index is -2.99. The summed E-state index contributed by atoms with van der Waals surface area (Å²) in [5, 5.41) is 3.42. The summed E-state index contributed by atoms with van der Waals surface area (Å²) in [4.78, 5) is 7.14. The smallest absolute Gasteiger partial charge is 0.194 e. The molecule has 1 N–H and O–H groups in total. The van der Waals surface area contributed by atoms with Crippen LogP contribution in [0.25, 0.3) is 0 Å². The average Bonchev–Trinajstić information content (AvgIpc) is 2.63. The number of nitrogens with zero attached hydrogens (tertiary/aromatic N) is 2. The molecule has 3 aliphatic rings. The van der Waals surface area contributed by atoms with Crippen molar-refractivity contribution in [2.45, 2.75) is 56.6 Å². The van der Waals surface area contributed by atoms with Gasteiger partial charge in [0.25, 0.3) is 0 Å². The molecular weight excluding hydrogens is 354 g/mol. The molecule has 2 saturated heterocycles. The molecule has 2 heterocycles. The summed E-state index contributed by atoms with van der Waals surface area (Å²) in [7, 11) is -2.99. The molecule has 25 heavy (non-hydrogen) atoms. The maximum Gasteiger partial charge on any atom is 0.194 e. The highest BCUT2D eigenvalue weighted by Gasteiger charge is 2.48. The molecular formula is C18H33N3O2S2. The Morgan fingerprint density at radius 1 is 1.24 bits per heavy atom. The minimum Gasteiger partial charge on any atom is -0.357 e. The molecule has 1 saturated carbocycles. The fraction of sp³-hybridized carbons (Fsp3) is 0.944. The number of rotatable bonds is 3. The van der Waals surface area contributed by atoms with E-state index in [1.165, 1.54) is 30.8 Å². The second-order valence-corrected chi connectivity index (χ2v) is 11.5. The molecule has 2 aliphatic heterocycles. The first-order valence-electron chi connectivity index (χ1n) is 9.90. The van der Waals surface area contributed by atoms with Crippen LogP contribution in [0.1, 0.15) is 51.9 Å². The van der Waals surface area contributed by atoms with Crippen molar-refractivity contribution in [2.75, 3.05) is 43.4 Å². The van der Waals surface area contributed by atoms with Gasteiger partial charge in [-0.15, -0.1) is 0 Å². The first kappa shape index (κ1) is 19.3. The number of guanidine groups is 1. The van der Waals surface area contributed by atoms with E-state index >= 15 is 0 Å². The Morgan fingerprint density at radius 3 is 2.64 bits per heavy atom. The van der Waals surface area contributed by atoms with Crippen molar-refractivity contribution >= 4 is 27.6 Å². The third-order valence-corrected chi connectivity index (χ3v) is 9.63. The molecule has 5 nitrogen and oxygen atoms in total. The number of nitrogens with one attached hydrogen (secondary N) is 1. The van der Waals surface area contributed by atoms with E-state index in [0.29, 0.717) is 19.0 Å². The van der Waals surface area contributed by atoms with E-state index in [0.717, 1.165) is 44.7 Å². The highest BCUT2D eigenvalue weighted by Crippen LogP contribution is 2.38. The fourth-order valence-corrected chi connectivity index (χ4v) is 7.75. The normalized spacial score (nSPS) is 27.4. The highest BCUT2D eigenvalue weighted by atomic mass is 32.2. The molecule has 144 valence electrons. The van der Waals surface area contributed by atoms with Gasteiger partial charge in [-0.1, -0.05) is 19.3 Å². The van der Waals surface area contributed by atoms with Gasteiger partial charge in [-0.25, -0.2) is 8.42 Å². The van der Waals surface area contributed by atoms with Gasteiger partial charge in [0.1, 0.15) is 0 Å². The van der Waals surface area contributed by atoms with Gasteiger partial charge >= 0.3 is 0 Å². The zero-order chi connectivity index (χ0) is 17.8. The van der Waals surface area contributed by atoms with Crippen molar-refractivity contribution in [1.29, 1.82) is 0 Å². The summed E-state index contributed by atoms with van der Waals surface area (Å²) in [5.74, 6) is 4.40. The van der Waals surface area contributed by atoms with Crippen LogP contribution < -0.4 is 5.32 Å². The maximum absolute atomic E-state index is 12.8. The third-order valence-electron chi connectivity index (χ3n) is 6.01. The lowest BCUT2D eigenvalue weighted by Crippen LogP contribution is -2.60. The van der Waals surface area contributed by atoms with Crippen LogP contribution in [0, 0.1) is 5.92 Å². The monoisotopic (exact) mass is 387 g/mol. The molecule has 0 bridgehead atoms. The molecule has 0 aromatic carbocycles. The highest BCUT2D eigenvalue weighted by molar-refractivity contribution is 7.99. The van der Waals surface area contributed by atoms with Crippen molar-refractivity contribution in [1.82, 2.24) is 10.2 Å². The molecule has 0 radical (unpaired) electrons. The standard InChI is InChI=1S/C18H33N3O2S2/c1-2-19-17(20-14-16-6-11-24-12-7-16)21-10-13-25(22,23)18(15-21)8-4-3-5-9-18/h16H,2-15H2,1H3,(H,19,20). The van der Waals surface area contributed by atoms with Gasteiger partial charge in [-0.05, 0) is 50.0 Å². The van der Waals surface area contributed by atoms with E-state index in [1.54, 1.807) is 0 Å². The molecule has 3 fully saturated rings. The van der Waals surface area contributed by atoms with E-state index in [9.17, 15) is 8.42 Å². The lowest BCUT2D eigenvalue weighted by atomic mass is 9.87.